The van der Waals surface area contributed by atoms with Crippen molar-refractivity contribution in [2.45, 2.75) is 5.92 Å². The van der Waals surface area contributed by atoms with Gasteiger partial charge in [0.25, 0.3) is 22.7 Å². The number of nitrogens with zero attached hydrogens (tertiary/aromatic N) is 8. The van der Waals surface area contributed by atoms with E-state index in [1.54, 1.807) is 12.1 Å². The first-order valence-corrected chi connectivity index (χ1v) is 9.54. The van der Waals surface area contributed by atoms with Crippen LogP contribution in [-0.4, -0.2) is 60.5 Å². The van der Waals surface area contributed by atoms with E-state index < -0.39 is 22.8 Å². The Morgan fingerprint density at radius 3 is 2.03 bits per heavy atom. The maximum Gasteiger partial charge on any atom is 0.286 e. The van der Waals surface area contributed by atoms with Crippen LogP contribution in [0, 0.1) is 0 Å². The summed E-state index contributed by atoms with van der Waals surface area (Å²) < 4.78 is 2.05. The maximum absolute atomic E-state index is 13.3. The van der Waals surface area contributed by atoms with E-state index in [9.17, 15) is 19.5 Å². The van der Waals surface area contributed by atoms with Crippen LogP contribution in [-0.2, 0) is 4.79 Å². The summed E-state index contributed by atoms with van der Waals surface area (Å²) in [5, 5.41) is 29.1. The van der Waals surface area contributed by atoms with Gasteiger partial charge in [-0.2, -0.15) is 9.03 Å². The number of fused-ring (bicyclic) bond motifs is 2. The van der Waals surface area contributed by atoms with Crippen molar-refractivity contribution in [1.82, 2.24) is 49.6 Å². The van der Waals surface area contributed by atoms with Crippen LogP contribution in [0.5, 0.6) is 5.75 Å². The average molecular weight is 462 g/mol. The first-order chi connectivity index (χ1) is 16.3. The number of nitrogens with one attached hydrogen (secondary N) is 2. The predicted octanol–water partition coefficient (Wildman–Crippen LogP) is -1.78. The number of H-pyrrole nitrogens is 2. The van der Waals surface area contributed by atoms with Gasteiger partial charge in [0.2, 0.25) is 11.9 Å². The highest BCUT2D eigenvalue weighted by Gasteiger charge is 2.31. The molecule has 0 amide bonds. The molecular weight excluding hydrogens is 448 g/mol. The Kier molecular flexibility index (Phi) is 4.59. The smallest absolute Gasteiger partial charge is 0.286 e. The minimum atomic E-state index is -1.56. The number of aromatic hydroxyl groups is 1. The molecule has 0 bridgehead atoms. The second-order valence-electron chi connectivity index (χ2n) is 7.03. The Morgan fingerprint density at radius 2 is 1.50 bits per heavy atom. The van der Waals surface area contributed by atoms with E-state index in [0.717, 1.165) is 15.1 Å². The molecule has 0 fully saturated rings. The van der Waals surface area contributed by atoms with Crippen molar-refractivity contribution in [3.63, 3.8) is 0 Å². The van der Waals surface area contributed by atoms with Gasteiger partial charge in [-0.15, -0.1) is 20.4 Å². The number of nitrogens with two attached hydrogens (primary N) is 2. The van der Waals surface area contributed by atoms with Crippen LogP contribution in [0.4, 0.5) is 11.9 Å². The number of phenols is 1. The SMILES string of the molecule is Nc1nnc2nc(C(C(=O)/C=C/c3cccc(O)c3)c3nc4nnc(N)n4[nH]c3=O)c(=O)[nH]n12. The molecule has 0 radical (unpaired) electrons. The fraction of sp³-hybridized carbons (Fsp3) is 0.0556. The number of carbonyl (C=O) groups excluding carboxylic acids is 1. The highest BCUT2D eigenvalue weighted by molar-refractivity contribution is 6.00. The zero-order chi connectivity index (χ0) is 24.0. The van der Waals surface area contributed by atoms with Crippen molar-refractivity contribution in [3.05, 3.63) is 68.0 Å². The van der Waals surface area contributed by atoms with Crippen LogP contribution in [0.15, 0.2) is 39.9 Å². The fourth-order valence-electron chi connectivity index (χ4n) is 3.26. The number of benzene rings is 1. The number of phenolic OH excluding ortho intramolecular Hbond substituents is 1. The minimum absolute atomic E-state index is 0.00735. The number of aromatic nitrogens is 10. The molecule has 0 unspecified atom stereocenters. The monoisotopic (exact) mass is 462 g/mol. The Labute approximate surface area is 186 Å². The first-order valence-electron chi connectivity index (χ1n) is 9.54. The number of rotatable bonds is 5. The number of hydrogen-bond acceptors (Lipinski definition) is 12. The van der Waals surface area contributed by atoms with Crippen LogP contribution in [0.25, 0.3) is 17.6 Å². The highest BCUT2D eigenvalue weighted by atomic mass is 16.3. The Balaban J connectivity index is 1.69. The predicted molar refractivity (Wildman–Crippen MR) is 116 cm³/mol. The lowest BCUT2D eigenvalue weighted by Gasteiger charge is -2.12. The molecule has 0 aliphatic carbocycles. The molecule has 7 N–H and O–H groups in total. The van der Waals surface area contributed by atoms with Crippen LogP contribution in [0.3, 0.4) is 0 Å². The Hall–Kier alpha value is -5.41. The van der Waals surface area contributed by atoms with Crippen molar-refractivity contribution in [3.8, 4) is 5.75 Å². The molecule has 0 spiro atoms. The van der Waals surface area contributed by atoms with Gasteiger partial charge < -0.3 is 16.6 Å². The summed E-state index contributed by atoms with van der Waals surface area (Å²) >= 11 is 0. The summed E-state index contributed by atoms with van der Waals surface area (Å²) in [6.45, 7) is 0. The van der Waals surface area contributed by atoms with Gasteiger partial charge in [-0.25, -0.2) is 9.97 Å². The first kappa shape index (κ1) is 20.5. The summed E-state index contributed by atoms with van der Waals surface area (Å²) in [7, 11) is 0. The third-order valence-corrected chi connectivity index (χ3v) is 4.82. The fourth-order valence-corrected chi connectivity index (χ4v) is 3.26. The number of carbonyl (C=O) groups is 1. The van der Waals surface area contributed by atoms with E-state index in [2.05, 4.69) is 40.6 Å². The maximum atomic E-state index is 13.3. The zero-order valence-electron chi connectivity index (χ0n) is 16.9. The average Bonchev–Trinajstić information content (AvgIpc) is 3.35. The van der Waals surface area contributed by atoms with Crippen LogP contribution in [0.2, 0.25) is 0 Å². The molecule has 16 heteroatoms. The minimum Gasteiger partial charge on any atom is -0.508 e. The Bertz CT molecular complexity index is 1630. The third kappa shape index (κ3) is 3.40. The summed E-state index contributed by atoms with van der Waals surface area (Å²) in [5.74, 6) is -2.76. The number of allylic oxidation sites excluding steroid dienone is 1. The van der Waals surface area contributed by atoms with E-state index in [1.807, 2.05) is 0 Å². The number of anilines is 2. The van der Waals surface area contributed by atoms with E-state index in [-0.39, 0.29) is 40.6 Å². The van der Waals surface area contributed by atoms with Gasteiger partial charge in [0, 0.05) is 0 Å². The highest BCUT2D eigenvalue weighted by Crippen LogP contribution is 2.20. The molecule has 34 heavy (non-hydrogen) atoms. The lowest BCUT2D eigenvalue weighted by atomic mass is 9.95. The molecule has 0 saturated carbocycles. The van der Waals surface area contributed by atoms with Crippen molar-refractivity contribution in [1.29, 1.82) is 0 Å². The van der Waals surface area contributed by atoms with Crippen LogP contribution in [0.1, 0.15) is 22.9 Å². The molecule has 4 aromatic heterocycles. The number of aromatic amines is 2. The summed E-state index contributed by atoms with van der Waals surface area (Å²) in [6, 6.07) is 6.12. The topological polar surface area (TPSA) is 241 Å². The normalized spacial score (nSPS) is 11.8. The molecule has 0 atom stereocenters. The molecule has 4 heterocycles. The summed E-state index contributed by atoms with van der Waals surface area (Å²) in [5.41, 5.74) is 9.37. The van der Waals surface area contributed by atoms with Crippen molar-refractivity contribution in [2.24, 2.45) is 0 Å². The van der Waals surface area contributed by atoms with Crippen LogP contribution < -0.4 is 22.6 Å². The van der Waals surface area contributed by atoms with Gasteiger partial charge in [-0.1, -0.05) is 18.2 Å². The van der Waals surface area contributed by atoms with Crippen molar-refractivity contribution < 1.29 is 9.90 Å². The van der Waals surface area contributed by atoms with Gasteiger partial charge in [0.15, 0.2) is 5.78 Å². The number of ketones is 1. The molecule has 16 nitrogen and oxygen atoms in total. The lowest BCUT2D eigenvalue weighted by Crippen LogP contribution is -2.32. The van der Waals surface area contributed by atoms with Gasteiger partial charge in [-0.3, -0.25) is 24.6 Å². The molecule has 0 aliphatic heterocycles. The molecule has 1 aromatic carbocycles. The van der Waals surface area contributed by atoms with Gasteiger partial charge in [-0.05, 0) is 23.8 Å². The molecule has 0 saturated heterocycles. The molecule has 0 aliphatic rings. The number of nitrogen functional groups attached to an aromatic ring is 2. The zero-order valence-corrected chi connectivity index (χ0v) is 16.9. The van der Waals surface area contributed by atoms with Gasteiger partial charge >= 0.3 is 0 Å². The largest absolute Gasteiger partial charge is 0.508 e. The van der Waals surface area contributed by atoms with E-state index >= 15 is 0 Å². The van der Waals surface area contributed by atoms with E-state index in [1.165, 1.54) is 18.2 Å². The number of hydrogen-bond donors (Lipinski definition) is 5. The summed E-state index contributed by atoms with van der Waals surface area (Å²) in [6.07, 6.45) is 2.53. The van der Waals surface area contributed by atoms with E-state index in [4.69, 9.17) is 11.5 Å². The Morgan fingerprint density at radius 1 is 0.941 bits per heavy atom. The second kappa shape index (κ2) is 7.62. The third-order valence-electron chi connectivity index (χ3n) is 4.82. The lowest BCUT2D eigenvalue weighted by molar-refractivity contribution is -0.115. The standard InChI is InChI=1S/C18H14N12O4/c19-15-23-25-17-21-11(13(33)27-29(15)17)10(9(32)5-4-7-2-1-3-8(31)6-7)12-14(34)28-30-16(20)24-26-18(30)22-12/h1-6,10,31H,(H2,19,23)(H2,20,24)(H,27,33)(H,28,34)/b5-4+. The summed E-state index contributed by atoms with van der Waals surface area (Å²) in [4.78, 5) is 47.2. The molecular formula is C18H14N12O4. The van der Waals surface area contributed by atoms with Gasteiger partial charge in [0.1, 0.15) is 23.1 Å². The van der Waals surface area contributed by atoms with E-state index in [0.29, 0.717) is 5.56 Å². The van der Waals surface area contributed by atoms with Crippen LogP contribution >= 0.6 is 0 Å². The van der Waals surface area contributed by atoms with Crippen molar-refractivity contribution >= 4 is 35.3 Å². The molecule has 5 rings (SSSR count). The van der Waals surface area contributed by atoms with Gasteiger partial charge in [0.05, 0.1) is 0 Å². The quantitative estimate of drug-likeness (QED) is 0.182. The van der Waals surface area contributed by atoms with Crippen molar-refractivity contribution in [2.75, 3.05) is 11.5 Å². The molecule has 5 aromatic rings. The second-order valence-corrected chi connectivity index (χ2v) is 7.03. The molecule has 170 valence electrons.